The zero-order valence-corrected chi connectivity index (χ0v) is 14.5. The van der Waals surface area contributed by atoms with Gasteiger partial charge in [0.1, 0.15) is 18.4 Å². The van der Waals surface area contributed by atoms with Crippen LogP contribution in [0.3, 0.4) is 0 Å². The number of benzene rings is 1. The SMILES string of the molecule is Cc1ccc(CNC(=O)c2ccc3c(c2)NC(=O)CO3)c(-n2cncn2)n1. The summed E-state index contributed by atoms with van der Waals surface area (Å²) < 4.78 is 6.86. The van der Waals surface area contributed by atoms with Crippen LogP contribution in [0.4, 0.5) is 5.69 Å². The summed E-state index contributed by atoms with van der Waals surface area (Å²) in [5.74, 6) is 0.632. The van der Waals surface area contributed by atoms with E-state index >= 15 is 0 Å². The number of nitrogens with zero attached hydrogens (tertiary/aromatic N) is 4. The second-order valence-corrected chi connectivity index (χ2v) is 6.01. The largest absolute Gasteiger partial charge is 0.482 e. The predicted molar refractivity (Wildman–Crippen MR) is 95.6 cm³/mol. The van der Waals surface area contributed by atoms with Crippen molar-refractivity contribution >= 4 is 17.5 Å². The maximum absolute atomic E-state index is 12.5. The number of hydrogen-bond acceptors (Lipinski definition) is 6. The standard InChI is InChI=1S/C18H16N6O3/c1-11-2-3-13(17(22-11)24-10-19-9-21-24)7-20-18(26)12-4-5-15-14(6-12)23-16(25)8-27-15/h2-6,9-10H,7-8H2,1H3,(H,20,26)(H,23,25). The highest BCUT2D eigenvalue weighted by molar-refractivity contribution is 5.99. The van der Waals surface area contributed by atoms with Crippen LogP contribution in [0.15, 0.2) is 43.0 Å². The van der Waals surface area contributed by atoms with E-state index in [2.05, 4.69) is 25.7 Å². The molecule has 2 amide bonds. The van der Waals surface area contributed by atoms with Gasteiger partial charge in [0.2, 0.25) is 0 Å². The van der Waals surface area contributed by atoms with Gasteiger partial charge >= 0.3 is 0 Å². The summed E-state index contributed by atoms with van der Waals surface area (Å²) in [6.07, 6.45) is 2.98. The smallest absolute Gasteiger partial charge is 0.262 e. The molecule has 0 bridgehead atoms. The zero-order chi connectivity index (χ0) is 18.8. The van der Waals surface area contributed by atoms with E-state index in [1.54, 1.807) is 29.2 Å². The number of rotatable bonds is 4. The Morgan fingerprint density at radius 3 is 3.04 bits per heavy atom. The zero-order valence-electron chi connectivity index (χ0n) is 14.5. The van der Waals surface area contributed by atoms with Crippen LogP contribution < -0.4 is 15.4 Å². The molecule has 9 heteroatoms. The van der Waals surface area contributed by atoms with Crippen LogP contribution in [0.25, 0.3) is 5.82 Å². The Morgan fingerprint density at radius 2 is 2.22 bits per heavy atom. The van der Waals surface area contributed by atoms with Gasteiger partial charge in [-0.15, -0.1) is 0 Å². The third-order valence-electron chi connectivity index (χ3n) is 4.04. The molecule has 1 aromatic carbocycles. The summed E-state index contributed by atoms with van der Waals surface area (Å²) in [7, 11) is 0. The Balaban J connectivity index is 1.52. The van der Waals surface area contributed by atoms with Gasteiger partial charge in [-0.2, -0.15) is 5.10 Å². The van der Waals surface area contributed by atoms with Crippen LogP contribution in [0.5, 0.6) is 5.75 Å². The van der Waals surface area contributed by atoms with Crippen molar-refractivity contribution in [2.75, 3.05) is 11.9 Å². The van der Waals surface area contributed by atoms with Gasteiger partial charge in [0.25, 0.3) is 11.8 Å². The summed E-state index contributed by atoms with van der Waals surface area (Å²) in [6.45, 7) is 2.12. The molecule has 9 nitrogen and oxygen atoms in total. The number of nitrogens with one attached hydrogen (secondary N) is 2. The summed E-state index contributed by atoms with van der Waals surface area (Å²) in [5.41, 5.74) is 2.54. The highest BCUT2D eigenvalue weighted by Gasteiger charge is 2.18. The Kier molecular flexibility index (Phi) is 4.25. The van der Waals surface area contributed by atoms with Crippen molar-refractivity contribution < 1.29 is 14.3 Å². The average Bonchev–Trinajstić information content (AvgIpc) is 3.20. The van der Waals surface area contributed by atoms with E-state index in [0.717, 1.165) is 11.3 Å². The lowest BCUT2D eigenvalue weighted by atomic mass is 10.1. The molecule has 1 aliphatic rings. The molecule has 0 unspecified atom stereocenters. The minimum absolute atomic E-state index is 0.0238. The quantitative estimate of drug-likeness (QED) is 0.720. The molecular formula is C18H16N6O3. The molecule has 2 aromatic heterocycles. The second-order valence-electron chi connectivity index (χ2n) is 6.01. The van der Waals surface area contributed by atoms with E-state index < -0.39 is 0 Å². The maximum Gasteiger partial charge on any atom is 0.262 e. The molecule has 0 atom stereocenters. The van der Waals surface area contributed by atoms with Crippen LogP contribution in [0, 0.1) is 6.92 Å². The van der Waals surface area contributed by atoms with Crippen LogP contribution in [-0.2, 0) is 11.3 Å². The van der Waals surface area contributed by atoms with Gasteiger partial charge < -0.3 is 15.4 Å². The van der Waals surface area contributed by atoms with Gasteiger partial charge in [-0.3, -0.25) is 9.59 Å². The first-order chi connectivity index (χ1) is 13.1. The van der Waals surface area contributed by atoms with Crippen molar-refractivity contribution in [3.8, 4) is 11.6 Å². The third-order valence-corrected chi connectivity index (χ3v) is 4.04. The van der Waals surface area contributed by atoms with Crippen molar-refractivity contribution in [1.29, 1.82) is 0 Å². The molecule has 3 heterocycles. The number of anilines is 1. The summed E-state index contributed by atoms with van der Waals surface area (Å²) in [5, 5.41) is 9.66. The number of aromatic nitrogens is 4. The van der Waals surface area contributed by atoms with Gasteiger partial charge in [-0.05, 0) is 31.2 Å². The summed E-state index contributed by atoms with van der Waals surface area (Å²) >= 11 is 0. The molecule has 3 aromatic rings. The predicted octanol–water partition coefficient (Wildman–Crippen LogP) is 1.23. The maximum atomic E-state index is 12.5. The minimum atomic E-state index is -0.275. The molecule has 0 aliphatic carbocycles. The van der Waals surface area contributed by atoms with Crippen LogP contribution in [0.1, 0.15) is 21.6 Å². The van der Waals surface area contributed by atoms with E-state index in [1.165, 1.54) is 6.33 Å². The Hall–Kier alpha value is -3.75. The number of carbonyl (C=O) groups is 2. The first-order valence-electron chi connectivity index (χ1n) is 8.26. The number of fused-ring (bicyclic) bond motifs is 1. The molecule has 27 heavy (non-hydrogen) atoms. The third kappa shape index (κ3) is 3.47. The topological polar surface area (TPSA) is 111 Å². The van der Waals surface area contributed by atoms with E-state index in [1.807, 2.05) is 19.1 Å². The van der Waals surface area contributed by atoms with Gasteiger partial charge in [-0.25, -0.2) is 14.6 Å². The molecule has 1 aliphatic heterocycles. The molecule has 0 fully saturated rings. The second kappa shape index (κ2) is 6.87. The van der Waals surface area contributed by atoms with Gasteiger partial charge in [0, 0.05) is 23.4 Å². The van der Waals surface area contributed by atoms with Gasteiger partial charge in [0.05, 0.1) is 5.69 Å². The lowest BCUT2D eigenvalue weighted by Crippen LogP contribution is -2.27. The molecular weight excluding hydrogens is 348 g/mol. The fraction of sp³-hybridized carbons (Fsp3) is 0.167. The monoisotopic (exact) mass is 364 g/mol. The van der Waals surface area contributed by atoms with Gasteiger partial charge in [-0.1, -0.05) is 6.07 Å². The molecule has 0 saturated heterocycles. The van der Waals surface area contributed by atoms with E-state index in [4.69, 9.17) is 4.74 Å². The first-order valence-corrected chi connectivity index (χ1v) is 8.26. The molecule has 0 saturated carbocycles. The fourth-order valence-electron chi connectivity index (χ4n) is 2.73. The highest BCUT2D eigenvalue weighted by Crippen LogP contribution is 2.28. The van der Waals surface area contributed by atoms with Crippen LogP contribution in [-0.4, -0.2) is 38.2 Å². The van der Waals surface area contributed by atoms with E-state index in [0.29, 0.717) is 22.8 Å². The van der Waals surface area contributed by atoms with Crippen molar-refractivity contribution in [3.63, 3.8) is 0 Å². The van der Waals surface area contributed by atoms with Gasteiger partial charge in [0.15, 0.2) is 12.4 Å². The Bertz CT molecular complexity index is 1020. The summed E-state index contributed by atoms with van der Waals surface area (Å²) in [6, 6.07) is 8.66. The average molecular weight is 364 g/mol. The van der Waals surface area contributed by atoms with Crippen molar-refractivity contribution in [2.45, 2.75) is 13.5 Å². The van der Waals surface area contributed by atoms with Crippen LogP contribution >= 0.6 is 0 Å². The number of carbonyl (C=O) groups excluding carboxylic acids is 2. The lowest BCUT2D eigenvalue weighted by Gasteiger charge is -2.18. The molecule has 0 spiro atoms. The Morgan fingerprint density at radius 1 is 1.33 bits per heavy atom. The normalized spacial score (nSPS) is 12.7. The van der Waals surface area contributed by atoms with Crippen molar-refractivity contribution in [1.82, 2.24) is 25.1 Å². The molecule has 2 N–H and O–H groups in total. The minimum Gasteiger partial charge on any atom is -0.482 e. The molecule has 136 valence electrons. The first kappa shape index (κ1) is 16.7. The highest BCUT2D eigenvalue weighted by atomic mass is 16.5. The number of ether oxygens (including phenoxy) is 1. The number of pyridine rings is 1. The molecule has 0 radical (unpaired) electrons. The number of amides is 2. The fourth-order valence-corrected chi connectivity index (χ4v) is 2.73. The number of hydrogen-bond donors (Lipinski definition) is 2. The van der Waals surface area contributed by atoms with E-state index in [-0.39, 0.29) is 25.0 Å². The summed E-state index contributed by atoms with van der Waals surface area (Å²) in [4.78, 5) is 32.4. The van der Waals surface area contributed by atoms with Crippen molar-refractivity contribution in [3.05, 3.63) is 59.8 Å². The molecule has 4 rings (SSSR count). The van der Waals surface area contributed by atoms with Crippen LogP contribution in [0.2, 0.25) is 0 Å². The van der Waals surface area contributed by atoms with Crippen molar-refractivity contribution in [2.24, 2.45) is 0 Å². The Labute approximate surface area is 154 Å². The number of aryl methyl sites for hydroxylation is 1. The lowest BCUT2D eigenvalue weighted by molar-refractivity contribution is -0.118. The van der Waals surface area contributed by atoms with E-state index in [9.17, 15) is 9.59 Å².